The van der Waals surface area contributed by atoms with Gasteiger partial charge in [-0.25, -0.2) is 9.37 Å². The smallest absolute Gasteiger partial charge is 0.233 e. The van der Waals surface area contributed by atoms with E-state index in [1.165, 1.54) is 23.9 Å². The fourth-order valence-electron chi connectivity index (χ4n) is 2.34. The quantitative estimate of drug-likeness (QED) is 0.765. The number of hydrogen-bond donors (Lipinski definition) is 0. The Balaban J connectivity index is 2.04. The molecule has 0 saturated carbocycles. The molecule has 0 unspecified atom stereocenters. The highest BCUT2D eigenvalue weighted by molar-refractivity contribution is 8.00. The van der Waals surface area contributed by atoms with E-state index in [1.54, 1.807) is 24.1 Å². The zero-order valence-electron chi connectivity index (χ0n) is 14.8. The standard InChI is InChI=1S/C19H20FN3OS/c1-12-13(2)17(9-21)19(22-14(12)3)25-11-18(24)23(4)10-15-5-7-16(20)8-6-15/h5-8H,10-11H2,1-4H3. The molecular weight excluding hydrogens is 337 g/mol. The zero-order chi connectivity index (χ0) is 18.6. The third kappa shape index (κ3) is 4.58. The van der Waals surface area contributed by atoms with Crippen LogP contribution in [0.5, 0.6) is 0 Å². The summed E-state index contributed by atoms with van der Waals surface area (Å²) in [6.07, 6.45) is 0. The number of benzene rings is 1. The Morgan fingerprint density at radius 2 is 1.88 bits per heavy atom. The van der Waals surface area contributed by atoms with Gasteiger partial charge in [0.15, 0.2) is 0 Å². The summed E-state index contributed by atoms with van der Waals surface area (Å²) in [5.41, 5.74) is 4.17. The number of halogens is 1. The van der Waals surface area contributed by atoms with Gasteiger partial charge in [0, 0.05) is 19.3 Å². The van der Waals surface area contributed by atoms with Crippen LogP contribution in [0.1, 0.15) is 27.9 Å². The molecule has 0 fully saturated rings. The molecule has 0 N–H and O–H groups in total. The molecule has 2 aromatic rings. The molecule has 0 radical (unpaired) electrons. The first-order valence-electron chi connectivity index (χ1n) is 7.82. The minimum absolute atomic E-state index is 0.0732. The topological polar surface area (TPSA) is 57.0 Å². The Bertz CT molecular complexity index is 828. The fraction of sp³-hybridized carbons (Fsp3) is 0.316. The van der Waals surface area contributed by atoms with Gasteiger partial charge < -0.3 is 4.90 Å². The average molecular weight is 357 g/mol. The van der Waals surface area contributed by atoms with Crippen molar-refractivity contribution in [2.45, 2.75) is 32.3 Å². The van der Waals surface area contributed by atoms with Crippen molar-refractivity contribution < 1.29 is 9.18 Å². The van der Waals surface area contributed by atoms with Crippen molar-refractivity contribution >= 4 is 17.7 Å². The lowest BCUT2D eigenvalue weighted by molar-refractivity contribution is -0.127. The van der Waals surface area contributed by atoms with Gasteiger partial charge in [0.2, 0.25) is 5.91 Å². The Kier molecular flexibility index (Phi) is 6.16. The number of carbonyl (C=O) groups is 1. The largest absolute Gasteiger partial charge is 0.341 e. The van der Waals surface area contributed by atoms with Crippen LogP contribution in [0.2, 0.25) is 0 Å². The summed E-state index contributed by atoms with van der Waals surface area (Å²) in [5.74, 6) is -0.175. The normalized spacial score (nSPS) is 10.4. The first kappa shape index (κ1) is 18.9. The Morgan fingerprint density at radius 3 is 2.48 bits per heavy atom. The van der Waals surface area contributed by atoms with Crippen LogP contribution < -0.4 is 0 Å². The molecule has 0 aliphatic rings. The van der Waals surface area contributed by atoms with Gasteiger partial charge in [0.25, 0.3) is 0 Å². The molecule has 25 heavy (non-hydrogen) atoms. The number of nitrogens with zero attached hydrogens (tertiary/aromatic N) is 3. The van der Waals surface area contributed by atoms with Crippen molar-refractivity contribution in [2.24, 2.45) is 0 Å². The number of aryl methyl sites for hydroxylation is 1. The minimum Gasteiger partial charge on any atom is -0.341 e. The van der Waals surface area contributed by atoms with Gasteiger partial charge in [-0.15, -0.1) is 0 Å². The zero-order valence-corrected chi connectivity index (χ0v) is 15.6. The van der Waals surface area contributed by atoms with Crippen LogP contribution in [0.15, 0.2) is 29.3 Å². The minimum atomic E-state index is -0.298. The van der Waals surface area contributed by atoms with Gasteiger partial charge >= 0.3 is 0 Å². The average Bonchev–Trinajstić information content (AvgIpc) is 2.59. The Labute approximate surface area is 151 Å². The Hall–Kier alpha value is -2.39. The van der Waals surface area contributed by atoms with Gasteiger partial charge in [0.05, 0.1) is 11.3 Å². The fourth-order valence-corrected chi connectivity index (χ4v) is 3.36. The van der Waals surface area contributed by atoms with E-state index in [2.05, 4.69) is 11.1 Å². The first-order chi connectivity index (χ1) is 11.8. The van der Waals surface area contributed by atoms with Crippen molar-refractivity contribution in [3.05, 3.63) is 58.0 Å². The summed E-state index contributed by atoms with van der Waals surface area (Å²) in [4.78, 5) is 18.4. The second kappa shape index (κ2) is 8.13. The van der Waals surface area contributed by atoms with Crippen molar-refractivity contribution in [2.75, 3.05) is 12.8 Å². The van der Waals surface area contributed by atoms with E-state index >= 15 is 0 Å². The molecule has 2 rings (SSSR count). The van der Waals surface area contributed by atoms with Crippen molar-refractivity contribution in [1.82, 2.24) is 9.88 Å². The number of pyridine rings is 1. The maximum absolute atomic E-state index is 12.9. The second-order valence-corrected chi connectivity index (χ2v) is 6.87. The third-order valence-corrected chi connectivity index (χ3v) is 5.13. The van der Waals surface area contributed by atoms with Gasteiger partial charge in [-0.2, -0.15) is 5.26 Å². The number of carbonyl (C=O) groups excluding carboxylic acids is 1. The number of aromatic nitrogens is 1. The van der Waals surface area contributed by atoms with E-state index in [9.17, 15) is 14.4 Å². The SMILES string of the molecule is Cc1nc(SCC(=O)N(C)Cc2ccc(F)cc2)c(C#N)c(C)c1C. The molecular formula is C19H20FN3OS. The highest BCUT2D eigenvalue weighted by Gasteiger charge is 2.16. The van der Waals surface area contributed by atoms with Crippen LogP contribution in [0.25, 0.3) is 0 Å². The molecule has 0 saturated heterocycles. The lowest BCUT2D eigenvalue weighted by Crippen LogP contribution is -2.27. The summed E-state index contributed by atoms with van der Waals surface area (Å²) in [7, 11) is 1.70. The highest BCUT2D eigenvalue weighted by atomic mass is 32.2. The maximum Gasteiger partial charge on any atom is 0.233 e. The van der Waals surface area contributed by atoms with Crippen molar-refractivity contribution in [3.8, 4) is 6.07 Å². The number of nitriles is 1. The molecule has 130 valence electrons. The molecule has 1 heterocycles. The van der Waals surface area contributed by atoms with Crippen LogP contribution in [0.4, 0.5) is 4.39 Å². The summed E-state index contributed by atoms with van der Waals surface area (Å²) in [6, 6.07) is 8.26. The van der Waals surface area contributed by atoms with E-state index in [0.717, 1.165) is 22.4 Å². The molecule has 0 aliphatic carbocycles. The molecule has 1 aromatic carbocycles. The van der Waals surface area contributed by atoms with Gasteiger partial charge in [-0.3, -0.25) is 4.79 Å². The monoisotopic (exact) mass is 357 g/mol. The van der Waals surface area contributed by atoms with E-state index in [1.807, 2.05) is 20.8 Å². The third-order valence-electron chi connectivity index (χ3n) is 4.17. The number of hydrogen-bond acceptors (Lipinski definition) is 4. The van der Waals surface area contributed by atoms with Crippen LogP contribution in [0.3, 0.4) is 0 Å². The van der Waals surface area contributed by atoms with Crippen LogP contribution in [0, 0.1) is 37.9 Å². The van der Waals surface area contributed by atoms with E-state index in [-0.39, 0.29) is 17.5 Å². The van der Waals surface area contributed by atoms with Crippen molar-refractivity contribution in [1.29, 1.82) is 5.26 Å². The molecule has 1 amide bonds. The van der Waals surface area contributed by atoms with Gasteiger partial charge in [-0.1, -0.05) is 23.9 Å². The van der Waals surface area contributed by atoms with Crippen molar-refractivity contribution in [3.63, 3.8) is 0 Å². The summed E-state index contributed by atoms with van der Waals surface area (Å²) < 4.78 is 12.9. The van der Waals surface area contributed by atoms with Crippen LogP contribution in [-0.4, -0.2) is 28.6 Å². The van der Waals surface area contributed by atoms with Gasteiger partial charge in [0.1, 0.15) is 16.9 Å². The Morgan fingerprint density at radius 1 is 1.24 bits per heavy atom. The molecule has 0 bridgehead atoms. The number of rotatable bonds is 5. The van der Waals surface area contributed by atoms with Crippen LogP contribution in [-0.2, 0) is 11.3 Å². The number of thioether (sulfide) groups is 1. The van der Waals surface area contributed by atoms with Gasteiger partial charge in [-0.05, 0) is 49.6 Å². The molecule has 0 atom stereocenters. The molecule has 4 nitrogen and oxygen atoms in total. The highest BCUT2D eigenvalue weighted by Crippen LogP contribution is 2.26. The first-order valence-corrected chi connectivity index (χ1v) is 8.81. The van der Waals surface area contributed by atoms with Crippen LogP contribution >= 0.6 is 11.8 Å². The van der Waals surface area contributed by atoms with E-state index in [0.29, 0.717) is 17.1 Å². The van der Waals surface area contributed by atoms with E-state index < -0.39 is 0 Å². The lowest BCUT2D eigenvalue weighted by Gasteiger charge is -2.17. The molecule has 1 aromatic heterocycles. The number of amides is 1. The lowest BCUT2D eigenvalue weighted by atomic mass is 10.1. The molecule has 6 heteroatoms. The second-order valence-electron chi connectivity index (χ2n) is 5.90. The summed E-state index contributed by atoms with van der Waals surface area (Å²) in [6.45, 7) is 6.14. The predicted molar refractivity (Wildman–Crippen MR) is 96.8 cm³/mol. The molecule has 0 aliphatic heterocycles. The summed E-state index contributed by atoms with van der Waals surface area (Å²) >= 11 is 1.27. The van der Waals surface area contributed by atoms with E-state index in [4.69, 9.17) is 0 Å². The summed E-state index contributed by atoms with van der Waals surface area (Å²) in [5, 5.41) is 9.97. The maximum atomic E-state index is 12.9. The molecule has 0 spiro atoms. The predicted octanol–water partition coefficient (Wildman–Crippen LogP) is 3.77.